The van der Waals surface area contributed by atoms with Gasteiger partial charge in [0, 0.05) is 6.20 Å². The molecule has 3 amide bonds. The lowest BCUT2D eigenvalue weighted by molar-refractivity contribution is -0.129. The number of fused-ring (bicyclic) bond motifs is 1. The molecule has 2 aromatic rings. The number of nitrogens with zero attached hydrogens (tertiary/aromatic N) is 2. The van der Waals surface area contributed by atoms with Crippen LogP contribution >= 0.6 is 11.6 Å². The number of imide groups is 1. The molecule has 1 aliphatic rings. The summed E-state index contributed by atoms with van der Waals surface area (Å²) < 4.78 is 0. The minimum Gasteiger partial charge on any atom is -0.348 e. The number of amides is 3. The average Bonchev–Trinajstić information content (AvgIpc) is 2.86. The summed E-state index contributed by atoms with van der Waals surface area (Å²) in [6.45, 7) is 3.17. The highest BCUT2D eigenvalue weighted by Crippen LogP contribution is 2.29. The van der Waals surface area contributed by atoms with Crippen LogP contribution in [0.1, 0.15) is 40.3 Å². The van der Waals surface area contributed by atoms with Gasteiger partial charge >= 0.3 is 0 Å². The molecule has 1 aromatic carbocycles. The minimum atomic E-state index is -1.35. The van der Waals surface area contributed by atoms with E-state index in [-0.39, 0.29) is 6.54 Å². The van der Waals surface area contributed by atoms with E-state index in [2.05, 4.69) is 10.3 Å². The second-order valence-electron chi connectivity index (χ2n) is 6.16. The van der Waals surface area contributed by atoms with Gasteiger partial charge in [-0.05, 0) is 38.1 Å². The van der Waals surface area contributed by atoms with Crippen molar-refractivity contribution in [3.63, 3.8) is 0 Å². The van der Waals surface area contributed by atoms with E-state index >= 15 is 0 Å². The van der Waals surface area contributed by atoms with Crippen molar-refractivity contribution < 1.29 is 14.4 Å². The van der Waals surface area contributed by atoms with Crippen molar-refractivity contribution in [3.05, 3.63) is 64.4 Å². The summed E-state index contributed by atoms with van der Waals surface area (Å²) in [6.07, 6.45) is 1.57. The number of hydrogen-bond donors (Lipinski definition) is 1. The smallest absolute Gasteiger partial charge is 0.262 e. The van der Waals surface area contributed by atoms with Crippen LogP contribution in [-0.4, -0.2) is 33.1 Å². The van der Waals surface area contributed by atoms with Crippen molar-refractivity contribution in [1.29, 1.82) is 0 Å². The van der Waals surface area contributed by atoms with Gasteiger partial charge in [0.1, 0.15) is 5.54 Å². The zero-order valence-corrected chi connectivity index (χ0v) is 14.5. The number of rotatable bonds is 4. The number of carbonyl (C=O) groups excluding carboxylic acids is 3. The summed E-state index contributed by atoms with van der Waals surface area (Å²) >= 11 is 6.02. The number of hydrogen-bond acceptors (Lipinski definition) is 4. The molecule has 0 saturated carbocycles. The van der Waals surface area contributed by atoms with Crippen molar-refractivity contribution in [3.8, 4) is 0 Å². The molecule has 1 aromatic heterocycles. The third-order valence-corrected chi connectivity index (χ3v) is 4.50. The molecule has 0 unspecified atom stereocenters. The molecule has 3 rings (SSSR count). The summed E-state index contributed by atoms with van der Waals surface area (Å²) in [7, 11) is 0. The number of carbonyl (C=O) groups is 3. The van der Waals surface area contributed by atoms with Gasteiger partial charge in [-0.25, -0.2) is 0 Å². The van der Waals surface area contributed by atoms with Crippen LogP contribution in [0.15, 0.2) is 42.6 Å². The van der Waals surface area contributed by atoms with Gasteiger partial charge in [-0.1, -0.05) is 23.7 Å². The van der Waals surface area contributed by atoms with Gasteiger partial charge < -0.3 is 5.32 Å². The van der Waals surface area contributed by atoms with Gasteiger partial charge in [-0.2, -0.15) is 0 Å². The third kappa shape index (κ3) is 2.89. The SMILES string of the molecule is CC(C)(C(=O)NCc1ncccc1Cl)N1C(=O)c2ccccc2C1=O. The second kappa shape index (κ2) is 6.29. The Bertz CT molecular complexity index is 844. The van der Waals surface area contributed by atoms with E-state index in [1.165, 1.54) is 13.8 Å². The normalized spacial score (nSPS) is 13.8. The lowest BCUT2D eigenvalue weighted by Gasteiger charge is -2.32. The first-order valence-corrected chi connectivity index (χ1v) is 8.07. The Labute approximate surface area is 149 Å². The molecule has 128 valence electrons. The number of halogens is 1. The maximum Gasteiger partial charge on any atom is 0.262 e. The molecule has 25 heavy (non-hydrogen) atoms. The van der Waals surface area contributed by atoms with E-state index in [9.17, 15) is 14.4 Å². The van der Waals surface area contributed by atoms with E-state index in [1.807, 2.05) is 0 Å². The van der Waals surface area contributed by atoms with Gasteiger partial charge in [0.2, 0.25) is 5.91 Å². The van der Waals surface area contributed by atoms with Crippen LogP contribution in [0.25, 0.3) is 0 Å². The van der Waals surface area contributed by atoms with Gasteiger partial charge in [0.05, 0.1) is 28.4 Å². The van der Waals surface area contributed by atoms with Crippen molar-refractivity contribution in [2.75, 3.05) is 0 Å². The van der Waals surface area contributed by atoms with Gasteiger partial charge in [-0.15, -0.1) is 0 Å². The molecule has 0 bridgehead atoms. The fourth-order valence-corrected chi connectivity index (χ4v) is 2.92. The molecule has 1 aliphatic heterocycles. The summed E-state index contributed by atoms with van der Waals surface area (Å²) in [5.74, 6) is -1.42. The van der Waals surface area contributed by atoms with Gasteiger partial charge in [0.25, 0.3) is 11.8 Å². The predicted molar refractivity (Wildman–Crippen MR) is 92.1 cm³/mol. The second-order valence-corrected chi connectivity index (χ2v) is 6.57. The van der Waals surface area contributed by atoms with Crippen molar-refractivity contribution in [2.45, 2.75) is 25.9 Å². The largest absolute Gasteiger partial charge is 0.348 e. The van der Waals surface area contributed by atoms with Crippen molar-refractivity contribution in [2.24, 2.45) is 0 Å². The van der Waals surface area contributed by atoms with Crippen LogP contribution in [0.2, 0.25) is 5.02 Å². The Hall–Kier alpha value is -2.73. The molecular formula is C18H16ClN3O3. The molecule has 6 nitrogen and oxygen atoms in total. The Kier molecular flexibility index (Phi) is 4.30. The highest BCUT2D eigenvalue weighted by Gasteiger charge is 2.47. The van der Waals surface area contributed by atoms with E-state index in [1.54, 1.807) is 42.6 Å². The van der Waals surface area contributed by atoms with Crippen molar-refractivity contribution >= 4 is 29.3 Å². The van der Waals surface area contributed by atoms with Crippen LogP contribution in [0.3, 0.4) is 0 Å². The topological polar surface area (TPSA) is 79.4 Å². The molecule has 2 heterocycles. The Morgan fingerprint density at radius 2 is 1.72 bits per heavy atom. The molecule has 0 aliphatic carbocycles. The monoisotopic (exact) mass is 357 g/mol. The molecular weight excluding hydrogens is 342 g/mol. The Balaban J connectivity index is 1.80. The number of aromatic nitrogens is 1. The van der Waals surface area contributed by atoms with Crippen molar-refractivity contribution in [1.82, 2.24) is 15.2 Å². The third-order valence-electron chi connectivity index (χ3n) is 4.16. The van der Waals surface area contributed by atoms with Crippen LogP contribution in [0.5, 0.6) is 0 Å². The molecule has 7 heteroatoms. The summed E-state index contributed by atoms with van der Waals surface area (Å²) in [6, 6.07) is 9.89. The number of pyridine rings is 1. The lowest BCUT2D eigenvalue weighted by atomic mass is 10.0. The standard InChI is InChI=1S/C18H16ClN3O3/c1-18(2,17(25)21-10-14-13(19)8-5-9-20-14)22-15(23)11-6-3-4-7-12(11)16(22)24/h3-9H,10H2,1-2H3,(H,21,25). The molecule has 1 N–H and O–H groups in total. The molecule has 0 atom stereocenters. The minimum absolute atomic E-state index is 0.102. The van der Waals surface area contributed by atoms with E-state index < -0.39 is 23.3 Å². The van der Waals surface area contributed by atoms with Gasteiger partial charge in [-0.3, -0.25) is 24.3 Å². The first-order chi connectivity index (χ1) is 11.8. The lowest BCUT2D eigenvalue weighted by Crippen LogP contribution is -2.57. The molecule has 0 radical (unpaired) electrons. The average molecular weight is 358 g/mol. The summed E-state index contributed by atoms with van der Waals surface area (Å²) in [4.78, 5) is 42.9. The number of benzene rings is 1. The van der Waals surface area contributed by atoms with Crippen LogP contribution in [0.4, 0.5) is 0 Å². The highest BCUT2D eigenvalue weighted by molar-refractivity contribution is 6.31. The van der Waals surface area contributed by atoms with E-state index in [4.69, 9.17) is 11.6 Å². The maximum atomic E-state index is 12.7. The molecule has 0 spiro atoms. The Morgan fingerprint density at radius 1 is 1.12 bits per heavy atom. The summed E-state index contributed by atoms with van der Waals surface area (Å²) in [5, 5.41) is 3.12. The maximum absolute atomic E-state index is 12.7. The fourth-order valence-electron chi connectivity index (χ4n) is 2.73. The van der Waals surface area contributed by atoms with Crippen LogP contribution in [-0.2, 0) is 11.3 Å². The van der Waals surface area contributed by atoms with E-state index in [0.717, 1.165) is 4.90 Å². The van der Waals surface area contributed by atoms with E-state index in [0.29, 0.717) is 21.8 Å². The summed E-state index contributed by atoms with van der Waals surface area (Å²) in [5.41, 5.74) is -0.230. The Morgan fingerprint density at radius 3 is 2.28 bits per heavy atom. The number of nitrogens with one attached hydrogen (secondary N) is 1. The van der Waals surface area contributed by atoms with Crippen LogP contribution < -0.4 is 5.32 Å². The molecule has 0 saturated heterocycles. The highest BCUT2D eigenvalue weighted by atomic mass is 35.5. The zero-order valence-electron chi connectivity index (χ0n) is 13.7. The first-order valence-electron chi connectivity index (χ1n) is 7.69. The predicted octanol–water partition coefficient (Wildman–Crippen LogP) is 2.43. The van der Waals surface area contributed by atoms with Gasteiger partial charge in [0.15, 0.2) is 0 Å². The quantitative estimate of drug-likeness (QED) is 0.852. The van der Waals surface area contributed by atoms with Crippen LogP contribution in [0, 0.1) is 0 Å². The molecule has 0 fully saturated rings. The zero-order chi connectivity index (χ0) is 18.2. The first kappa shape index (κ1) is 17.1. The fraction of sp³-hybridized carbons (Fsp3) is 0.222.